The number of hydrogen-bond donors (Lipinski definition) is 0. The van der Waals surface area contributed by atoms with Gasteiger partial charge in [0.1, 0.15) is 12.0 Å². The van der Waals surface area contributed by atoms with Gasteiger partial charge in [0.2, 0.25) is 0 Å². The van der Waals surface area contributed by atoms with Gasteiger partial charge in [0, 0.05) is 11.6 Å². The van der Waals surface area contributed by atoms with Crippen LogP contribution in [-0.2, 0) is 10.1 Å². The monoisotopic (exact) mass is 352 g/mol. The fourth-order valence-corrected chi connectivity index (χ4v) is 2.83. The minimum absolute atomic E-state index is 0.173. The number of benzene rings is 2. The molecule has 0 fully saturated rings. The molecule has 2 aromatic rings. The van der Waals surface area contributed by atoms with E-state index >= 15 is 0 Å². The first-order chi connectivity index (χ1) is 11.2. The molecule has 24 heavy (non-hydrogen) atoms. The summed E-state index contributed by atoms with van der Waals surface area (Å²) in [4.78, 5) is 29.4. The lowest BCUT2D eigenvalue weighted by Gasteiger charge is -2.07. The lowest BCUT2D eigenvalue weighted by atomic mass is 10.2. The van der Waals surface area contributed by atoms with E-state index in [4.69, 9.17) is 4.18 Å². The Hall–Kier alpha value is -3.34. The molecule has 0 saturated carbocycles. The molecule has 0 atom stereocenters. The van der Waals surface area contributed by atoms with Crippen molar-refractivity contribution in [2.24, 2.45) is 0 Å². The summed E-state index contributed by atoms with van der Waals surface area (Å²) in [6, 6.07) is 7.05. The quantitative estimate of drug-likeness (QED) is 0.332. The highest BCUT2D eigenvalue weighted by Crippen LogP contribution is 2.30. The zero-order valence-corrected chi connectivity index (χ0v) is 12.5. The lowest BCUT2D eigenvalue weighted by Crippen LogP contribution is -2.12. The largest absolute Gasteiger partial charge is 0.379 e. The first kappa shape index (κ1) is 17.0. The molecule has 0 bridgehead atoms. The third-order valence-electron chi connectivity index (χ3n) is 2.84. The summed E-state index contributed by atoms with van der Waals surface area (Å²) in [6.45, 7) is 0. The molecule has 0 N–H and O–H groups in total. The Labute approximate surface area is 134 Å². The van der Waals surface area contributed by atoms with Gasteiger partial charge in [-0.3, -0.25) is 25.0 Å². The van der Waals surface area contributed by atoms with Gasteiger partial charge in [-0.25, -0.2) is 0 Å². The van der Waals surface area contributed by atoms with Gasteiger partial charge in [-0.05, 0) is 30.3 Å². The summed E-state index contributed by atoms with van der Waals surface area (Å²) >= 11 is 0. The van der Waals surface area contributed by atoms with Crippen LogP contribution in [0.3, 0.4) is 0 Å². The summed E-state index contributed by atoms with van der Waals surface area (Å²) in [6.07, 6.45) is 0.541. The molecule has 124 valence electrons. The van der Waals surface area contributed by atoms with Gasteiger partial charge in [-0.2, -0.15) is 8.42 Å². The van der Waals surface area contributed by atoms with Crippen LogP contribution >= 0.6 is 0 Å². The summed E-state index contributed by atoms with van der Waals surface area (Å²) in [5.41, 5.74) is -1.33. The van der Waals surface area contributed by atoms with E-state index in [0.29, 0.717) is 12.4 Å². The van der Waals surface area contributed by atoms with Gasteiger partial charge in [-0.1, -0.05) is 0 Å². The van der Waals surface area contributed by atoms with E-state index < -0.39 is 36.2 Å². The van der Waals surface area contributed by atoms with E-state index in [-0.39, 0.29) is 11.3 Å². The Morgan fingerprint density at radius 1 is 0.958 bits per heavy atom. The fourth-order valence-electron chi connectivity index (χ4n) is 1.75. The molecule has 0 heterocycles. The summed E-state index contributed by atoms with van der Waals surface area (Å²) in [5, 5.41) is 21.7. The molecule has 0 aliphatic heterocycles. The van der Waals surface area contributed by atoms with Crippen molar-refractivity contribution < 1.29 is 27.2 Å². The van der Waals surface area contributed by atoms with E-state index in [2.05, 4.69) is 0 Å². The molecule has 11 heteroatoms. The maximum absolute atomic E-state index is 12.2. The summed E-state index contributed by atoms with van der Waals surface area (Å²) < 4.78 is 29.2. The number of non-ortho nitro benzene ring substituents is 1. The van der Waals surface area contributed by atoms with Crippen LogP contribution < -0.4 is 4.18 Å². The number of carbonyl (C=O) groups excluding carboxylic acids is 1. The molecule has 10 nitrogen and oxygen atoms in total. The van der Waals surface area contributed by atoms with Crippen molar-refractivity contribution in [2.75, 3.05) is 0 Å². The van der Waals surface area contributed by atoms with E-state index in [0.717, 1.165) is 12.1 Å². The van der Waals surface area contributed by atoms with Gasteiger partial charge < -0.3 is 4.18 Å². The Balaban J connectivity index is 2.45. The molecule has 0 saturated heterocycles. The van der Waals surface area contributed by atoms with Crippen LogP contribution in [0, 0.1) is 20.2 Å². The second kappa shape index (κ2) is 6.42. The first-order valence-electron chi connectivity index (χ1n) is 6.17. The predicted octanol–water partition coefficient (Wildman–Crippen LogP) is 2.08. The molecule has 0 aliphatic carbocycles. The van der Waals surface area contributed by atoms with E-state index in [1.54, 1.807) is 0 Å². The summed E-state index contributed by atoms with van der Waals surface area (Å²) in [7, 11) is -4.60. The average molecular weight is 352 g/mol. The van der Waals surface area contributed by atoms with Crippen LogP contribution in [0.2, 0.25) is 0 Å². The molecule has 0 unspecified atom stereocenters. The normalized spacial score (nSPS) is 10.8. The molecule has 0 aliphatic rings. The SMILES string of the molecule is O=Cc1ccc(OS(=O)(=O)c2ccc([N+](=O)[O-])cc2[N+](=O)[O-])cc1. The minimum atomic E-state index is -4.60. The Morgan fingerprint density at radius 3 is 2.08 bits per heavy atom. The number of nitro benzene ring substituents is 2. The van der Waals surface area contributed by atoms with Crippen LogP contribution in [0.5, 0.6) is 5.75 Å². The van der Waals surface area contributed by atoms with Crippen LogP contribution in [0.15, 0.2) is 47.4 Å². The minimum Gasteiger partial charge on any atom is -0.379 e. The number of hydrogen-bond acceptors (Lipinski definition) is 8. The number of nitrogens with zero attached hydrogens (tertiary/aromatic N) is 2. The van der Waals surface area contributed by atoms with E-state index in [9.17, 15) is 33.4 Å². The second-order valence-electron chi connectivity index (χ2n) is 4.39. The molecule has 2 rings (SSSR count). The number of carbonyl (C=O) groups is 1. The van der Waals surface area contributed by atoms with Crippen molar-refractivity contribution in [2.45, 2.75) is 4.90 Å². The number of nitro groups is 2. The third kappa shape index (κ3) is 3.52. The van der Waals surface area contributed by atoms with E-state index in [1.165, 1.54) is 24.3 Å². The van der Waals surface area contributed by atoms with Gasteiger partial charge in [0.25, 0.3) is 11.4 Å². The van der Waals surface area contributed by atoms with Crippen molar-refractivity contribution in [3.05, 3.63) is 68.3 Å². The number of aldehydes is 1. The topological polar surface area (TPSA) is 147 Å². The third-order valence-corrected chi connectivity index (χ3v) is 4.14. The Morgan fingerprint density at radius 2 is 1.58 bits per heavy atom. The van der Waals surface area contributed by atoms with Gasteiger partial charge >= 0.3 is 10.1 Å². The predicted molar refractivity (Wildman–Crippen MR) is 79.4 cm³/mol. The second-order valence-corrected chi connectivity index (χ2v) is 5.91. The molecular weight excluding hydrogens is 344 g/mol. The smallest absolute Gasteiger partial charge is 0.346 e. The van der Waals surface area contributed by atoms with Crippen LogP contribution in [0.1, 0.15) is 10.4 Å². The highest BCUT2D eigenvalue weighted by atomic mass is 32.2. The highest BCUT2D eigenvalue weighted by Gasteiger charge is 2.30. The Bertz CT molecular complexity index is 921. The van der Waals surface area contributed by atoms with Crippen molar-refractivity contribution in [3.8, 4) is 5.75 Å². The average Bonchev–Trinajstić information content (AvgIpc) is 2.54. The van der Waals surface area contributed by atoms with Crippen molar-refractivity contribution >= 4 is 27.8 Å². The maximum Gasteiger partial charge on any atom is 0.346 e. The zero-order valence-electron chi connectivity index (χ0n) is 11.7. The molecule has 0 amide bonds. The summed E-state index contributed by atoms with van der Waals surface area (Å²) in [5.74, 6) is -0.173. The molecule has 0 aromatic heterocycles. The zero-order chi connectivity index (χ0) is 17.9. The van der Waals surface area contributed by atoms with Crippen molar-refractivity contribution in [1.82, 2.24) is 0 Å². The molecular formula is C13H8N2O8S. The van der Waals surface area contributed by atoms with Gasteiger partial charge in [0.15, 0.2) is 4.90 Å². The van der Waals surface area contributed by atoms with E-state index in [1.807, 2.05) is 0 Å². The maximum atomic E-state index is 12.2. The van der Waals surface area contributed by atoms with Gasteiger partial charge in [-0.15, -0.1) is 0 Å². The van der Waals surface area contributed by atoms with Crippen molar-refractivity contribution in [1.29, 1.82) is 0 Å². The molecule has 0 spiro atoms. The van der Waals surface area contributed by atoms with Crippen LogP contribution in [-0.4, -0.2) is 24.6 Å². The molecule has 0 radical (unpaired) electrons. The van der Waals surface area contributed by atoms with Crippen LogP contribution in [0.4, 0.5) is 11.4 Å². The van der Waals surface area contributed by atoms with Gasteiger partial charge in [0.05, 0.1) is 15.9 Å². The Kier molecular flexibility index (Phi) is 4.55. The molecule has 2 aromatic carbocycles. The van der Waals surface area contributed by atoms with Crippen molar-refractivity contribution in [3.63, 3.8) is 0 Å². The van der Waals surface area contributed by atoms with Crippen LogP contribution in [0.25, 0.3) is 0 Å². The standard InChI is InChI=1S/C13H8N2O8S/c16-8-9-1-4-11(5-2-9)23-24(21,22)13-6-3-10(14(17)18)7-12(13)15(19)20/h1-8H. The lowest BCUT2D eigenvalue weighted by molar-refractivity contribution is -0.396. The fraction of sp³-hybridized carbons (Fsp3) is 0. The number of rotatable bonds is 6. The highest BCUT2D eigenvalue weighted by molar-refractivity contribution is 7.87. The first-order valence-corrected chi connectivity index (χ1v) is 7.58.